The molecule has 0 spiro atoms. The second-order valence-electron chi connectivity index (χ2n) is 5.99. The highest BCUT2D eigenvalue weighted by Crippen LogP contribution is 2.18. The minimum atomic E-state index is -3.76. The van der Waals surface area contributed by atoms with Gasteiger partial charge >= 0.3 is 0 Å². The van der Waals surface area contributed by atoms with Crippen LogP contribution in [0.25, 0.3) is 0 Å². The van der Waals surface area contributed by atoms with Crippen LogP contribution >= 0.6 is 0 Å². The summed E-state index contributed by atoms with van der Waals surface area (Å²) >= 11 is 0. The lowest BCUT2D eigenvalue weighted by Gasteiger charge is -2.11. The van der Waals surface area contributed by atoms with Crippen LogP contribution in [0, 0.1) is 6.92 Å². The number of nitrogens with zero attached hydrogens (tertiary/aromatic N) is 1. The van der Waals surface area contributed by atoms with Crippen molar-refractivity contribution in [3.05, 3.63) is 89.7 Å². The zero-order valence-electron chi connectivity index (χ0n) is 14.7. The van der Waals surface area contributed by atoms with Crippen LogP contribution < -0.4 is 10.0 Å². The fraction of sp³-hybridized carbons (Fsp3) is 0.100. The minimum absolute atomic E-state index is 0.0808. The number of pyridine rings is 1. The Kier molecular flexibility index (Phi) is 5.63. The average molecular weight is 381 g/mol. The van der Waals surface area contributed by atoms with E-state index in [4.69, 9.17) is 0 Å². The third kappa shape index (κ3) is 4.78. The van der Waals surface area contributed by atoms with Gasteiger partial charge in [-0.2, -0.15) is 0 Å². The maximum Gasteiger partial charge on any atom is 0.255 e. The number of hydrogen-bond donors (Lipinski definition) is 2. The van der Waals surface area contributed by atoms with Crippen molar-refractivity contribution in [2.75, 3.05) is 5.32 Å². The number of nitrogens with one attached hydrogen (secondary N) is 2. The second kappa shape index (κ2) is 8.11. The maximum atomic E-state index is 12.7. The van der Waals surface area contributed by atoms with Gasteiger partial charge in [0.05, 0.1) is 16.8 Å². The SMILES string of the molecule is Cc1ccc(C(=O)Nc2cccnc2)cc1S(=O)(=O)NCc1ccccc1. The molecule has 0 unspecified atom stereocenters. The lowest BCUT2D eigenvalue weighted by atomic mass is 10.1. The third-order valence-electron chi connectivity index (χ3n) is 3.97. The molecule has 1 amide bonds. The number of rotatable bonds is 6. The van der Waals surface area contributed by atoms with Crippen molar-refractivity contribution in [3.63, 3.8) is 0 Å². The molecule has 1 heterocycles. The first-order valence-electron chi connectivity index (χ1n) is 8.31. The largest absolute Gasteiger partial charge is 0.321 e. The summed E-state index contributed by atoms with van der Waals surface area (Å²) in [4.78, 5) is 16.4. The van der Waals surface area contributed by atoms with Gasteiger partial charge in [0, 0.05) is 18.3 Å². The topological polar surface area (TPSA) is 88.2 Å². The minimum Gasteiger partial charge on any atom is -0.321 e. The zero-order valence-corrected chi connectivity index (χ0v) is 15.5. The van der Waals surface area contributed by atoms with Gasteiger partial charge in [0.2, 0.25) is 10.0 Å². The number of carbonyl (C=O) groups excluding carboxylic acids is 1. The molecule has 0 atom stereocenters. The van der Waals surface area contributed by atoms with Crippen molar-refractivity contribution >= 4 is 21.6 Å². The fourth-order valence-electron chi connectivity index (χ4n) is 2.52. The highest BCUT2D eigenvalue weighted by molar-refractivity contribution is 7.89. The Morgan fingerprint density at radius 2 is 1.81 bits per heavy atom. The molecule has 7 heteroatoms. The van der Waals surface area contributed by atoms with Crippen LogP contribution in [0.4, 0.5) is 5.69 Å². The van der Waals surface area contributed by atoms with Crippen LogP contribution in [0.1, 0.15) is 21.5 Å². The van der Waals surface area contributed by atoms with Crippen molar-refractivity contribution < 1.29 is 13.2 Å². The Balaban J connectivity index is 1.80. The molecule has 2 N–H and O–H groups in total. The van der Waals surface area contributed by atoms with Gasteiger partial charge in [0.25, 0.3) is 5.91 Å². The smallest absolute Gasteiger partial charge is 0.255 e. The molecule has 0 saturated carbocycles. The van der Waals surface area contributed by atoms with Crippen LogP contribution in [0.2, 0.25) is 0 Å². The predicted octanol–water partition coefficient (Wildman–Crippen LogP) is 3.12. The van der Waals surface area contributed by atoms with Gasteiger partial charge < -0.3 is 5.32 Å². The normalized spacial score (nSPS) is 11.1. The Hall–Kier alpha value is -3.03. The molecule has 0 bridgehead atoms. The molecule has 6 nitrogen and oxygen atoms in total. The molecule has 2 aromatic carbocycles. The molecule has 0 aliphatic carbocycles. The lowest BCUT2D eigenvalue weighted by Crippen LogP contribution is -2.24. The summed E-state index contributed by atoms with van der Waals surface area (Å²) in [6, 6.07) is 17.2. The molecule has 1 aromatic heterocycles. The summed E-state index contributed by atoms with van der Waals surface area (Å²) < 4.78 is 28.0. The standard InChI is InChI=1S/C20H19N3O3S/c1-15-9-10-17(20(24)23-18-8-5-11-21-14-18)12-19(15)27(25,26)22-13-16-6-3-2-4-7-16/h2-12,14,22H,13H2,1H3,(H,23,24). The fourth-order valence-corrected chi connectivity index (χ4v) is 3.81. The Labute approximate surface area is 158 Å². The average Bonchev–Trinajstić information content (AvgIpc) is 2.68. The van der Waals surface area contributed by atoms with Crippen molar-refractivity contribution in [1.82, 2.24) is 9.71 Å². The van der Waals surface area contributed by atoms with Gasteiger partial charge in [-0.3, -0.25) is 9.78 Å². The van der Waals surface area contributed by atoms with Crippen LogP contribution in [0.3, 0.4) is 0 Å². The first-order chi connectivity index (χ1) is 13.0. The second-order valence-corrected chi connectivity index (χ2v) is 7.72. The van der Waals surface area contributed by atoms with E-state index in [2.05, 4.69) is 15.0 Å². The van der Waals surface area contributed by atoms with Crippen LogP contribution in [0.5, 0.6) is 0 Å². The number of benzene rings is 2. The highest BCUT2D eigenvalue weighted by atomic mass is 32.2. The number of anilines is 1. The molecule has 138 valence electrons. The zero-order chi connectivity index (χ0) is 19.3. The van der Waals surface area contributed by atoms with Crippen molar-refractivity contribution in [3.8, 4) is 0 Å². The quantitative estimate of drug-likeness (QED) is 0.687. The van der Waals surface area contributed by atoms with E-state index in [1.807, 2.05) is 30.3 Å². The van der Waals surface area contributed by atoms with Gasteiger partial charge in [0.1, 0.15) is 0 Å². The molecule has 0 radical (unpaired) electrons. The predicted molar refractivity (Wildman–Crippen MR) is 104 cm³/mol. The molecule has 0 aliphatic heterocycles. The Morgan fingerprint density at radius 3 is 2.52 bits per heavy atom. The van der Waals surface area contributed by atoms with E-state index in [9.17, 15) is 13.2 Å². The summed E-state index contributed by atoms with van der Waals surface area (Å²) in [6.45, 7) is 1.87. The molecular weight excluding hydrogens is 362 g/mol. The summed E-state index contributed by atoms with van der Waals surface area (Å²) in [5, 5.41) is 2.70. The van der Waals surface area contributed by atoms with Gasteiger partial charge in [0.15, 0.2) is 0 Å². The summed E-state index contributed by atoms with van der Waals surface area (Å²) in [6.07, 6.45) is 3.12. The van der Waals surface area contributed by atoms with E-state index in [0.717, 1.165) is 5.56 Å². The number of carbonyl (C=O) groups is 1. The summed E-state index contributed by atoms with van der Waals surface area (Å²) in [5.74, 6) is -0.400. The Bertz CT molecular complexity index is 1040. The molecule has 0 saturated heterocycles. The van der Waals surface area contributed by atoms with E-state index in [1.165, 1.54) is 12.3 Å². The number of sulfonamides is 1. The number of hydrogen-bond acceptors (Lipinski definition) is 4. The van der Waals surface area contributed by atoms with Gasteiger partial charge in [-0.05, 0) is 42.3 Å². The van der Waals surface area contributed by atoms with Gasteiger partial charge in [-0.1, -0.05) is 36.4 Å². The number of amides is 1. The monoisotopic (exact) mass is 381 g/mol. The molecule has 0 fully saturated rings. The summed E-state index contributed by atoms with van der Waals surface area (Å²) in [7, 11) is -3.76. The molecule has 3 aromatic rings. The summed E-state index contributed by atoms with van der Waals surface area (Å²) in [5.41, 5.74) is 2.21. The maximum absolute atomic E-state index is 12.7. The third-order valence-corrected chi connectivity index (χ3v) is 5.51. The van der Waals surface area contributed by atoms with Crippen molar-refractivity contribution in [1.29, 1.82) is 0 Å². The lowest BCUT2D eigenvalue weighted by molar-refractivity contribution is 0.102. The van der Waals surface area contributed by atoms with E-state index in [1.54, 1.807) is 37.4 Å². The highest BCUT2D eigenvalue weighted by Gasteiger charge is 2.19. The van der Waals surface area contributed by atoms with Crippen LogP contribution in [-0.2, 0) is 16.6 Å². The first-order valence-corrected chi connectivity index (χ1v) is 9.80. The molecule has 3 rings (SSSR count). The van der Waals surface area contributed by atoms with Crippen LogP contribution in [-0.4, -0.2) is 19.3 Å². The van der Waals surface area contributed by atoms with E-state index < -0.39 is 15.9 Å². The van der Waals surface area contributed by atoms with E-state index in [-0.39, 0.29) is 17.0 Å². The number of aryl methyl sites for hydroxylation is 1. The van der Waals surface area contributed by atoms with Gasteiger partial charge in [-0.15, -0.1) is 0 Å². The molecule has 0 aliphatic rings. The van der Waals surface area contributed by atoms with Crippen molar-refractivity contribution in [2.24, 2.45) is 0 Å². The number of aromatic nitrogens is 1. The van der Waals surface area contributed by atoms with Gasteiger partial charge in [-0.25, -0.2) is 13.1 Å². The van der Waals surface area contributed by atoms with Crippen molar-refractivity contribution in [2.45, 2.75) is 18.4 Å². The molecule has 27 heavy (non-hydrogen) atoms. The van der Waals surface area contributed by atoms with E-state index in [0.29, 0.717) is 11.3 Å². The first kappa shape index (κ1) is 18.8. The Morgan fingerprint density at radius 1 is 1.04 bits per heavy atom. The van der Waals surface area contributed by atoms with E-state index >= 15 is 0 Å². The van der Waals surface area contributed by atoms with Crippen LogP contribution in [0.15, 0.2) is 78.0 Å². The molecular formula is C20H19N3O3S.